The van der Waals surface area contributed by atoms with Crippen molar-refractivity contribution in [3.63, 3.8) is 0 Å². The van der Waals surface area contributed by atoms with E-state index in [2.05, 4.69) is 9.97 Å². The number of nitrogens with one attached hydrogen (secondary N) is 1. The third-order valence-electron chi connectivity index (χ3n) is 3.17. The van der Waals surface area contributed by atoms with Crippen molar-refractivity contribution in [3.05, 3.63) is 28.9 Å². The molecule has 0 aromatic carbocycles. The average molecular weight is 235 g/mol. The number of ether oxygens (including phenoxy) is 1. The summed E-state index contributed by atoms with van der Waals surface area (Å²) >= 11 is 0. The van der Waals surface area contributed by atoms with E-state index in [0.717, 1.165) is 6.42 Å². The summed E-state index contributed by atoms with van der Waals surface area (Å²) in [5.41, 5.74) is 0.535. The van der Waals surface area contributed by atoms with E-state index in [0.29, 0.717) is 17.6 Å². The minimum atomic E-state index is -0.133. The first-order valence-corrected chi connectivity index (χ1v) is 5.56. The maximum absolute atomic E-state index is 11.5. The van der Waals surface area contributed by atoms with E-state index in [9.17, 15) is 4.79 Å². The Morgan fingerprint density at radius 2 is 2.53 bits per heavy atom. The van der Waals surface area contributed by atoms with Crippen LogP contribution in [0.4, 0.5) is 0 Å². The van der Waals surface area contributed by atoms with E-state index in [-0.39, 0.29) is 24.3 Å². The second-order valence-corrected chi connectivity index (χ2v) is 4.22. The van der Waals surface area contributed by atoms with E-state index in [1.807, 2.05) is 10.8 Å². The topological polar surface area (TPSA) is 80.1 Å². The van der Waals surface area contributed by atoms with E-state index in [1.54, 1.807) is 6.07 Å². The van der Waals surface area contributed by atoms with Crippen LogP contribution in [0.25, 0.3) is 11.0 Å². The molecule has 6 nitrogen and oxygen atoms in total. The van der Waals surface area contributed by atoms with Crippen molar-refractivity contribution < 1.29 is 9.84 Å². The van der Waals surface area contributed by atoms with Crippen molar-refractivity contribution in [3.8, 4) is 0 Å². The molecule has 0 radical (unpaired) electrons. The molecule has 3 rings (SSSR count). The lowest BCUT2D eigenvalue weighted by molar-refractivity contribution is 0.0576. The molecule has 1 aliphatic rings. The Kier molecular flexibility index (Phi) is 2.45. The van der Waals surface area contributed by atoms with Crippen molar-refractivity contribution in [1.82, 2.24) is 14.5 Å². The molecule has 2 atom stereocenters. The van der Waals surface area contributed by atoms with Crippen LogP contribution in [-0.4, -0.2) is 39.0 Å². The highest BCUT2D eigenvalue weighted by molar-refractivity contribution is 5.74. The molecule has 2 aromatic rings. The first-order valence-electron chi connectivity index (χ1n) is 5.56. The Balaban J connectivity index is 2.02. The van der Waals surface area contributed by atoms with Gasteiger partial charge in [-0.2, -0.15) is 0 Å². The van der Waals surface area contributed by atoms with Gasteiger partial charge in [-0.05, 0) is 12.5 Å². The summed E-state index contributed by atoms with van der Waals surface area (Å²) < 4.78 is 7.38. The van der Waals surface area contributed by atoms with Crippen molar-refractivity contribution in [2.24, 2.45) is 0 Å². The highest BCUT2D eigenvalue weighted by atomic mass is 16.5. The first kappa shape index (κ1) is 10.5. The fourth-order valence-electron chi connectivity index (χ4n) is 2.28. The van der Waals surface area contributed by atoms with Crippen LogP contribution in [0.15, 0.2) is 23.4 Å². The molecular formula is C11H13N3O3. The number of aliphatic hydroxyl groups is 1. The quantitative estimate of drug-likeness (QED) is 0.770. The number of H-pyrrole nitrogens is 1. The second kappa shape index (κ2) is 3.97. The number of fused-ring (bicyclic) bond motifs is 1. The zero-order valence-electron chi connectivity index (χ0n) is 9.17. The van der Waals surface area contributed by atoms with Crippen LogP contribution in [0.2, 0.25) is 0 Å². The van der Waals surface area contributed by atoms with Crippen LogP contribution in [0.5, 0.6) is 0 Å². The Bertz CT molecular complexity index is 589. The Hall–Kier alpha value is -1.66. The number of aliphatic hydroxyl groups excluding tert-OH is 1. The van der Waals surface area contributed by atoms with Gasteiger partial charge in [-0.1, -0.05) is 0 Å². The molecule has 90 valence electrons. The molecule has 17 heavy (non-hydrogen) atoms. The van der Waals surface area contributed by atoms with E-state index in [4.69, 9.17) is 9.84 Å². The summed E-state index contributed by atoms with van der Waals surface area (Å²) in [5.74, 6) is 0. The van der Waals surface area contributed by atoms with Crippen molar-refractivity contribution in [1.29, 1.82) is 0 Å². The van der Waals surface area contributed by atoms with Gasteiger partial charge in [-0.3, -0.25) is 4.79 Å². The number of rotatable bonds is 2. The zero-order chi connectivity index (χ0) is 11.8. The Morgan fingerprint density at radius 1 is 1.65 bits per heavy atom. The van der Waals surface area contributed by atoms with E-state index < -0.39 is 0 Å². The smallest absolute Gasteiger partial charge is 0.260 e. The lowest BCUT2D eigenvalue weighted by Gasteiger charge is -2.10. The minimum absolute atomic E-state index is 0.0315. The van der Waals surface area contributed by atoms with Gasteiger partial charge in [0.1, 0.15) is 5.65 Å². The minimum Gasteiger partial charge on any atom is -0.394 e. The van der Waals surface area contributed by atoms with E-state index in [1.165, 1.54) is 6.33 Å². The summed E-state index contributed by atoms with van der Waals surface area (Å²) in [6.07, 6.45) is 3.88. The predicted molar refractivity (Wildman–Crippen MR) is 60.8 cm³/mol. The number of hydrogen-bond donors (Lipinski definition) is 2. The summed E-state index contributed by atoms with van der Waals surface area (Å²) in [7, 11) is 0. The predicted octanol–water partition coefficient (Wildman–Crippen LogP) is 0.0469. The summed E-state index contributed by atoms with van der Waals surface area (Å²) in [6, 6.07) is 1.90. The van der Waals surface area contributed by atoms with Gasteiger partial charge in [0.25, 0.3) is 5.56 Å². The lowest BCUT2D eigenvalue weighted by atomic mass is 10.2. The average Bonchev–Trinajstić information content (AvgIpc) is 2.94. The standard InChI is InChI=1S/C11H13N3O3/c15-4-8-3-7(5-17-8)14-2-1-9-10(14)12-6-13-11(9)16/h1-2,6-8,15H,3-5H2,(H,12,13,16)/t7-,8-/m0/s1. The van der Waals surface area contributed by atoms with Gasteiger partial charge in [0, 0.05) is 6.20 Å². The molecule has 3 heterocycles. The first-order chi connectivity index (χ1) is 8.29. The molecule has 2 aromatic heterocycles. The SMILES string of the molecule is O=c1[nH]cnc2c1ccn2[C@@H]1CO[C@H](CO)C1. The molecule has 6 heteroatoms. The molecule has 1 saturated heterocycles. The fourth-order valence-corrected chi connectivity index (χ4v) is 2.28. The number of nitrogens with zero attached hydrogens (tertiary/aromatic N) is 2. The van der Waals surface area contributed by atoms with Gasteiger partial charge in [0.05, 0.1) is 37.1 Å². The van der Waals surface area contributed by atoms with Crippen LogP contribution in [0.3, 0.4) is 0 Å². The van der Waals surface area contributed by atoms with Crippen LogP contribution >= 0.6 is 0 Å². The highest BCUT2D eigenvalue weighted by Crippen LogP contribution is 2.26. The van der Waals surface area contributed by atoms with Crippen LogP contribution in [-0.2, 0) is 4.74 Å². The molecule has 1 fully saturated rings. The van der Waals surface area contributed by atoms with E-state index >= 15 is 0 Å². The van der Waals surface area contributed by atoms with Crippen molar-refractivity contribution >= 4 is 11.0 Å². The Morgan fingerprint density at radius 3 is 3.29 bits per heavy atom. The summed E-state index contributed by atoms with van der Waals surface area (Å²) in [4.78, 5) is 18.3. The Labute approximate surface area is 96.9 Å². The van der Waals surface area contributed by atoms with Crippen molar-refractivity contribution in [2.45, 2.75) is 18.6 Å². The lowest BCUT2D eigenvalue weighted by Crippen LogP contribution is -2.12. The number of hydrogen-bond acceptors (Lipinski definition) is 4. The van der Waals surface area contributed by atoms with Crippen molar-refractivity contribution in [2.75, 3.05) is 13.2 Å². The largest absolute Gasteiger partial charge is 0.394 e. The molecule has 0 amide bonds. The monoisotopic (exact) mass is 235 g/mol. The third kappa shape index (κ3) is 1.65. The second-order valence-electron chi connectivity index (χ2n) is 4.22. The zero-order valence-corrected chi connectivity index (χ0v) is 9.17. The van der Waals surface area contributed by atoms with Gasteiger partial charge >= 0.3 is 0 Å². The molecule has 0 bridgehead atoms. The van der Waals surface area contributed by atoms with Gasteiger partial charge in [-0.25, -0.2) is 4.98 Å². The molecule has 2 N–H and O–H groups in total. The highest BCUT2D eigenvalue weighted by Gasteiger charge is 2.27. The van der Waals surface area contributed by atoms with Crippen LogP contribution < -0.4 is 5.56 Å². The molecule has 1 aliphatic heterocycles. The molecule has 0 unspecified atom stereocenters. The summed E-state index contributed by atoms with van der Waals surface area (Å²) in [6.45, 7) is 0.577. The third-order valence-corrected chi connectivity index (χ3v) is 3.17. The number of aromatic nitrogens is 3. The maximum atomic E-state index is 11.5. The van der Waals surface area contributed by atoms with Crippen LogP contribution in [0.1, 0.15) is 12.5 Å². The van der Waals surface area contributed by atoms with Gasteiger partial charge in [-0.15, -0.1) is 0 Å². The molecular weight excluding hydrogens is 222 g/mol. The van der Waals surface area contributed by atoms with Gasteiger partial charge in [0.15, 0.2) is 0 Å². The van der Waals surface area contributed by atoms with Gasteiger partial charge < -0.3 is 19.4 Å². The normalized spacial score (nSPS) is 24.5. The van der Waals surface area contributed by atoms with Gasteiger partial charge in [0.2, 0.25) is 0 Å². The maximum Gasteiger partial charge on any atom is 0.260 e. The molecule has 0 saturated carbocycles. The van der Waals surface area contributed by atoms with Crippen LogP contribution in [0, 0.1) is 0 Å². The number of aromatic amines is 1. The fraction of sp³-hybridized carbons (Fsp3) is 0.455. The summed E-state index contributed by atoms with van der Waals surface area (Å²) in [5, 5.41) is 9.62. The molecule has 0 spiro atoms. The molecule has 0 aliphatic carbocycles.